The van der Waals surface area contributed by atoms with Crippen molar-refractivity contribution in [2.45, 2.75) is 20.3 Å². The highest BCUT2D eigenvalue weighted by Gasteiger charge is 2.22. The van der Waals surface area contributed by atoms with Gasteiger partial charge in [0.2, 0.25) is 0 Å². The number of fused-ring (bicyclic) bond motifs is 1. The van der Waals surface area contributed by atoms with Crippen molar-refractivity contribution >= 4 is 17.0 Å². The van der Waals surface area contributed by atoms with Crippen LogP contribution in [0.4, 0.5) is 0 Å². The van der Waals surface area contributed by atoms with Gasteiger partial charge in [-0.2, -0.15) is 0 Å². The van der Waals surface area contributed by atoms with Crippen molar-refractivity contribution in [1.82, 2.24) is 15.0 Å². The molecule has 154 valence electrons. The Balaban J connectivity index is 1.49. The van der Waals surface area contributed by atoms with Gasteiger partial charge in [0, 0.05) is 13.6 Å². The summed E-state index contributed by atoms with van der Waals surface area (Å²) >= 11 is 0. The average molecular weight is 405 g/mol. The van der Waals surface area contributed by atoms with E-state index in [1.54, 1.807) is 43.3 Å². The van der Waals surface area contributed by atoms with Crippen LogP contribution in [0.5, 0.6) is 5.75 Å². The maximum absolute atomic E-state index is 13.2. The molecule has 3 heterocycles. The predicted octanol–water partition coefficient (Wildman–Crippen LogP) is 4.64. The fourth-order valence-corrected chi connectivity index (χ4v) is 3.32. The summed E-state index contributed by atoms with van der Waals surface area (Å²) in [5, 5.41) is 4.60. The van der Waals surface area contributed by atoms with Crippen LogP contribution in [0.1, 0.15) is 28.0 Å². The minimum atomic E-state index is -0.127. The number of ether oxygens (including phenoxy) is 1. The second-order valence-electron chi connectivity index (χ2n) is 7.17. The van der Waals surface area contributed by atoms with Gasteiger partial charge in [0.05, 0.1) is 29.5 Å². The van der Waals surface area contributed by atoms with Crippen LogP contribution in [0.2, 0.25) is 0 Å². The topological polar surface area (TPSA) is 81.6 Å². The molecular formula is C23H23N3O4. The van der Waals surface area contributed by atoms with E-state index in [2.05, 4.69) is 10.1 Å². The molecule has 0 saturated carbocycles. The summed E-state index contributed by atoms with van der Waals surface area (Å²) in [7, 11) is 1.78. The maximum Gasteiger partial charge on any atom is 0.259 e. The highest BCUT2D eigenvalue weighted by molar-refractivity contribution is 6.06. The molecule has 0 aliphatic rings. The smallest absolute Gasteiger partial charge is 0.259 e. The first kappa shape index (κ1) is 19.7. The van der Waals surface area contributed by atoms with Gasteiger partial charge in [-0.3, -0.25) is 4.79 Å². The van der Waals surface area contributed by atoms with Gasteiger partial charge < -0.3 is 18.6 Å². The molecule has 0 bridgehead atoms. The number of carbonyl (C=O) groups is 1. The number of aryl methyl sites for hydroxylation is 2. The fraction of sp³-hybridized carbons (Fsp3) is 0.261. The van der Waals surface area contributed by atoms with Crippen molar-refractivity contribution in [1.29, 1.82) is 0 Å². The summed E-state index contributed by atoms with van der Waals surface area (Å²) < 4.78 is 16.6. The molecule has 7 heteroatoms. The first-order chi connectivity index (χ1) is 14.5. The van der Waals surface area contributed by atoms with Crippen molar-refractivity contribution in [3.05, 3.63) is 65.5 Å². The van der Waals surface area contributed by atoms with Crippen LogP contribution in [0.15, 0.2) is 57.7 Å². The van der Waals surface area contributed by atoms with Gasteiger partial charge in [0.1, 0.15) is 11.4 Å². The van der Waals surface area contributed by atoms with E-state index in [0.717, 1.165) is 11.3 Å². The van der Waals surface area contributed by atoms with E-state index in [4.69, 9.17) is 13.7 Å². The summed E-state index contributed by atoms with van der Waals surface area (Å²) in [6.07, 6.45) is 2.27. The van der Waals surface area contributed by atoms with Gasteiger partial charge in [-0.15, -0.1) is 0 Å². The van der Waals surface area contributed by atoms with E-state index in [0.29, 0.717) is 53.4 Å². The van der Waals surface area contributed by atoms with Crippen molar-refractivity contribution < 1.29 is 18.5 Å². The third kappa shape index (κ3) is 3.91. The van der Waals surface area contributed by atoms with Crippen LogP contribution >= 0.6 is 0 Å². The lowest BCUT2D eigenvalue weighted by Gasteiger charge is -2.18. The molecular weight excluding hydrogens is 382 g/mol. The number of pyridine rings is 1. The molecule has 0 unspecified atom stereocenters. The lowest BCUT2D eigenvalue weighted by molar-refractivity contribution is 0.0789. The molecule has 3 aromatic heterocycles. The van der Waals surface area contributed by atoms with Crippen molar-refractivity contribution in [3.63, 3.8) is 0 Å². The number of furan rings is 1. The Bertz CT molecular complexity index is 1160. The summed E-state index contributed by atoms with van der Waals surface area (Å²) in [6.45, 7) is 4.89. The Kier molecular flexibility index (Phi) is 5.52. The van der Waals surface area contributed by atoms with Crippen molar-refractivity contribution in [2.75, 3.05) is 20.2 Å². The SMILES string of the molecule is Cc1ccccc1OCCCN(C)C(=O)c1cc(-c2ccco2)nc2onc(C)c12. The molecule has 0 atom stereocenters. The summed E-state index contributed by atoms with van der Waals surface area (Å²) in [5.41, 5.74) is 3.06. The van der Waals surface area contributed by atoms with E-state index in [9.17, 15) is 4.79 Å². The Morgan fingerprint density at radius 1 is 1.17 bits per heavy atom. The number of benzene rings is 1. The zero-order valence-electron chi connectivity index (χ0n) is 17.2. The first-order valence-corrected chi connectivity index (χ1v) is 9.79. The van der Waals surface area contributed by atoms with Crippen LogP contribution in [0, 0.1) is 13.8 Å². The lowest BCUT2D eigenvalue weighted by atomic mass is 10.1. The van der Waals surface area contributed by atoms with E-state index in [1.807, 2.05) is 31.2 Å². The summed E-state index contributed by atoms with van der Waals surface area (Å²) in [4.78, 5) is 19.3. The maximum atomic E-state index is 13.2. The van der Waals surface area contributed by atoms with Crippen LogP contribution < -0.4 is 4.74 Å². The molecule has 1 amide bonds. The molecule has 4 aromatic rings. The lowest BCUT2D eigenvalue weighted by Crippen LogP contribution is -2.29. The zero-order chi connectivity index (χ0) is 21.1. The molecule has 0 fully saturated rings. The van der Waals surface area contributed by atoms with Gasteiger partial charge in [-0.25, -0.2) is 4.98 Å². The van der Waals surface area contributed by atoms with Crippen molar-refractivity contribution in [3.8, 4) is 17.2 Å². The number of rotatable bonds is 7. The molecule has 30 heavy (non-hydrogen) atoms. The Morgan fingerprint density at radius 3 is 2.77 bits per heavy atom. The van der Waals surface area contributed by atoms with Crippen LogP contribution in [-0.2, 0) is 0 Å². The molecule has 0 N–H and O–H groups in total. The third-order valence-electron chi connectivity index (χ3n) is 4.96. The number of amides is 1. The molecule has 0 saturated heterocycles. The second-order valence-corrected chi connectivity index (χ2v) is 7.17. The average Bonchev–Trinajstić information content (AvgIpc) is 3.41. The zero-order valence-corrected chi connectivity index (χ0v) is 17.2. The van der Waals surface area contributed by atoms with Gasteiger partial charge in [0.15, 0.2) is 5.76 Å². The Morgan fingerprint density at radius 2 is 2.00 bits per heavy atom. The van der Waals surface area contributed by atoms with Crippen LogP contribution in [0.25, 0.3) is 22.6 Å². The van der Waals surface area contributed by atoms with Crippen LogP contribution in [-0.4, -0.2) is 41.1 Å². The molecule has 0 spiro atoms. The molecule has 7 nitrogen and oxygen atoms in total. The van der Waals surface area contributed by atoms with E-state index in [-0.39, 0.29) is 5.91 Å². The number of nitrogens with zero attached hydrogens (tertiary/aromatic N) is 3. The summed E-state index contributed by atoms with van der Waals surface area (Å²) in [5.74, 6) is 1.30. The van der Waals surface area contributed by atoms with Gasteiger partial charge in [-0.05, 0) is 50.1 Å². The number of hydrogen-bond acceptors (Lipinski definition) is 6. The van der Waals surface area contributed by atoms with E-state index >= 15 is 0 Å². The number of para-hydroxylation sites is 1. The third-order valence-corrected chi connectivity index (χ3v) is 4.96. The molecule has 4 rings (SSSR count). The number of carbonyl (C=O) groups excluding carboxylic acids is 1. The first-order valence-electron chi connectivity index (χ1n) is 9.79. The molecule has 1 aromatic carbocycles. The predicted molar refractivity (Wildman–Crippen MR) is 112 cm³/mol. The van der Waals surface area contributed by atoms with E-state index < -0.39 is 0 Å². The molecule has 0 aliphatic carbocycles. The second kappa shape index (κ2) is 8.41. The molecule has 0 aliphatic heterocycles. The van der Waals surface area contributed by atoms with Gasteiger partial charge in [-0.1, -0.05) is 23.4 Å². The highest BCUT2D eigenvalue weighted by Crippen LogP contribution is 2.28. The number of hydrogen-bond donors (Lipinski definition) is 0. The molecule has 0 radical (unpaired) electrons. The number of aromatic nitrogens is 2. The van der Waals surface area contributed by atoms with Gasteiger partial charge >= 0.3 is 0 Å². The van der Waals surface area contributed by atoms with E-state index in [1.165, 1.54) is 0 Å². The highest BCUT2D eigenvalue weighted by atomic mass is 16.5. The minimum Gasteiger partial charge on any atom is -0.493 e. The fourth-order valence-electron chi connectivity index (χ4n) is 3.32. The minimum absolute atomic E-state index is 0.127. The normalized spacial score (nSPS) is 11.0. The quantitative estimate of drug-likeness (QED) is 0.417. The monoisotopic (exact) mass is 405 g/mol. The van der Waals surface area contributed by atoms with Crippen molar-refractivity contribution in [2.24, 2.45) is 0 Å². The van der Waals surface area contributed by atoms with Gasteiger partial charge in [0.25, 0.3) is 11.6 Å². The summed E-state index contributed by atoms with van der Waals surface area (Å²) in [6, 6.07) is 13.2. The standard InChI is InChI=1S/C23H23N3O4/c1-15-8-4-5-9-19(15)28-13-7-11-26(3)23(27)17-14-18(20-10-6-12-29-20)24-22-21(17)16(2)25-30-22/h4-6,8-10,12,14H,7,11,13H2,1-3H3. The Labute approximate surface area is 174 Å². The largest absolute Gasteiger partial charge is 0.493 e. The van der Waals surface area contributed by atoms with Crippen LogP contribution in [0.3, 0.4) is 0 Å². The Hall–Kier alpha value is -3.61.